The summed E-state index contributed by atoms with van der Waals surface area (Å²) in [5, 5.41) is 11.3. The fourth-order valence-electron chi connectivity index (χ4n) is 2.86. The average molecular weight is 334 g/mol. The maximum Gasteiger partial charge on any atom is 0.192 e. The van der Waals surface area contributed by atoms with Crippen molar-refractivity contribution in [3.63, 3.8) is 0 Å². The number of aromatic nitrogens is 3. The second-order valence-electron chi connectivity index (χ2n) is 6.28. The molecule has 0 spiro atoms. The molecule has 2 aromatic rings. The zero-order valence-corrected chi connectivity index (χ0v) is 14.3. The molecular formula is C17H20ClN3S. The van der Waals surface area contributed by atoms with E-state index in [1.165, 1.54) is 37.1 Å². The van der Waals surface area contributed by atoms with Gasteiger partial charge in [0, 0.05) is 22.2 Å². The number of halogens is 1. The quantitative estimate of drug-likeness (QED) is 0.664. The highest BCUT2D eigenvalue weighted by Crippen LogP contribution is 2.48. The summed E-state index contributed by atoms with van der Waals surface area (Å²) < 4.78 is 2.43. The molecule has 2 aliphatic carbocycles. The summed E-state index contributed by atoms with van der Waals surface area (Å²) in [6, 6.07) is 8.85. The summed E-state index contributed by atoms with van der Waals surface area (Å²) in [5.41, 5.74) is 1.32. The molecule has 22 heavy (non-hydrogen) atoms. The fraction of sp³-hybridized carbons (Fsp3) is 0.529. The van der Waals surface area contributed by atoms with E-state index < -0.39 is 0 Å². The molecule has 0 saturated heterocycles. The first-order valence-electron chi connectivity index (χ1n) is 8.13. The monoisotopic (exact) mass is 333 g/mol. The van der Waals surface area contributed by atoms with Crippen LogP contribution in [0.25, 0.3) is 0 Å². The summed E-state index contributed by atoms with van der Waals surface area (Å²) in [7, 11) is 0. The summed E-state index contributed by atoms with van der Waals surface area (Å²) >= 11 is 7.86. The zero-order chi connectivity index (χ0) is 15.1. The second kappa shape index (κ2) is 5.89. The SMILES string of the molecule is CCC(Sc1nnc(C2CC2)n1C1CC1)c1ccc(Cl)cc1. The zero-order valence-electron chi connectivity index (χ0n) is 12.7. The summed E-state index contributed by atoms with van der Waals surface area (Å²) in [5.74, 6) is 1.90. The van der Waals surface area contributed by atoms with Gasteiger partial charge in [-0.3, -0.25) is 0 Å². The molecule has 0 radical (unpaired) electrons. The van der Waals surface area contributed by atoms with Crippen LogP contribution in [-0.4, -0.2) is 14.8 Å². The molecular weight excluding hydrogens is 314 g/mol. The van der Waals surface area contributed by atoms with Gasteiger partial charge in [-0.2, -0.15) is 0 Å². The molecule has 5 heteroatoms. The van der Waals surface area contributed by atoms with Gasteiger partial charge >= 0.3 is 0 Å². The van der Waals surface area contributed by atoms with E-state index in [0.29, 0.717) is 17.2 Å². The van der Waals surface area contributed by atoms with Crippen LogP contribution in [0.4, 0.5) is 0 Å². The smallest absolute Gasteiger partial charge is 0.192 e. The Morgan fingerprint density at radius 1 is 1.18 bits per heavy atom. The van der Waals surface area contributed by atoms with Crippen LogP contribution in [0.5, 0.6) is 0 Å². The number of thioether (sulfide) groups is 1. The standard InChI is InChI=1S/C17H20ClN3S/c1-2-15(11-5-7-13(18)8-6-11)22-17-20-19-16(12-3-4-12)21(17)14-9-10-14/h5-8,12,14-15H,2-4,9-10H2,1H3. The Bertz CT molecular complexity index is 659. The minimum atomic E-state index is 0.408. The first-order valence-corrected chi connectivity index (χ1v) is 9.39. The third-order valence-corrected chi connectivity index (χ3v) is 6.04. The first kappa shape index (κ1) is 14.6. The Kier molecular flexibility index (Phi) is 3.91. The van der Waals surface area contributed by atoms with Gasteiger partial charge in [0.25, 0.3) is 0 Å². The number of rotatable bonds is 6. The third kappa shape index (κ3) is 2.91. The summed E-state index contributed by atoms with van der Waals surface area (Å²) in [6.45, 7) is 2.23. The fourth-order valence-corrected chi connectivity index (χ4v) is 4.14. The topological polar surface area (TPSA) is 30.7 Å². The Labute approximate surface area is 140 Å². The summed E-state index contributed by atoms with van der Waals surface area (Å²) in [4.78, 5) is 0. The minimum Gasteiger partial charge on any atom is -0.303 e. The van der Waals surface area contributed by atoms with Crippen LogP contribution in [0, 0.1) is 0 Å². The van der Waals surface area contributed by atoms with Gasteiger partial charge in [0.2, 0.25) is 0 Å². The van der Waals surface area contributed by atoms with Gasteiger partial charge in [0.1, 0.15) is 5.82 Å². The number of nitrogens with zero attached hydrogens (tertiary/aromatic N) is 3. The number of hydrogen-bond donors (Lipinski definition) is 0. The van der Waals surface area contributed by atoms with Gasteiger partial charge in [-0.15, -0.1) is 10.2 Å². The highest BCUT2D eigenvalue weighted by Gasteiger charge is 2.36. The van der Waals surface area contributed by atoms with Crippen molar-refractivity contribution in [3.05, 3.63) is 40.7 Å². The molecule has 3 nitrogen and oxygen atoms in total. The van der Waals surface area contributed by atoms with Crippen LogP contribution in [0.1, 0.15) is 67.6 Å². The lowest BCUT2D eigenvalue weighted by Gasteiger charge is -2.16. The molecule has 116 valence electrons. The van der Waals surface area contributed by atoms with Gasteiger partial charge in [-0.05, 0) is 49.8 Å². The van der Waals surface area contributed by atoms with E-state index in [4.69, 9.17) is 11.6 Å². The maximum atomic E-state index is 6.01. The van der Waals surface area contributed by atoms with Gasteiger partial charge in [-0.25, -0.2) is 0 Å². The molecule has 0 amide bonds. The van der Waals surface area contributed by atoms with Crippen LogP contribution in [-0.2, 0) is 0 Å². The first-order chi connectivity index (χ1) is 10.8. The van der Waals surface area contributed by atoms with Gasteiger partial charge in [0.05, 0.1) is 0 Å². The molecule has 1 aromatic heterocycles. The molecule has 2 saturated carbocycles. The van der Waals surface area contributed by atoms with Crippen molar-refractivity contribution in [3.8, 4) is 0 Å². The molecule has 0 N–H and O–H groups in total. The van der Waals surface area contributed by atoms with Gasteiger partial charge in [-0.1, -0.05) is 42.4 Å². The predicted octanol–water partition coefficient (Wildman–Crippen LogP) is 5.39. The minimum absolute atomic E-state index is 0.408. The van der Waals surface area contributed by atoms with Crippen LogP contribution in [0.15, 0.2) is 29.4 Å². The molecule has 4 rings (SSSR count). The highest BCUT2D eigenvalue weighted by molar-refractivity contribution is 7.99. The van der Waals surface area contributed by atoms with E-state index in [0.717, 1.165) is 16.6 Å². The van der Waals surface area contributed by atoms with Gasteiger partial charge in [0.15, 0.2) is 5.16 Å². The van der Waals surface area contributed by atoms with Crippen molar-refractivity contribution in [1.29, 1.82) is 0 Å². The molecule has 1 atom stereocenters. The molecule has 2 aliphatic rings. The van der Waals surface area contributed by atoms with Crippen LogP contribution in [0.2, 0.25) is 5.02 Å². The van der Waals surface area contributed by atoms with E-state index in [9.17, 15) is 0 Å². The van der Waals surface area contributed by atoms with Gasteiger partial charge < -0.3 is 4.57 Å². The summed E-state index contributed by atoms with van der Waals surface area (Å²) in [6.07, 6.45) is 6.20. The lowest BCUT2D eigenvalue weighted by molar-refractivity contribution is 0.625. The lowest BCUT2D eigenvalue weighted by atomic mass is 10.1. The van der Waals surface area contributed by atoms with Crippen molar-refractivity contribution >= 4 is 23.4 Å². The maximum absolute atomic E-state index is 6.01. The average Bonchev–Trinajstić information content (AvgIpc) is 3.45. The molecule has 0 bridgehead atoms. The number of benzene rings is 1. The van der Waals surface area contributed by atoms with Crippen molar-refractivity contribution in [2.24, 2.45) is 0 Å². The lowest BCUT2D eigenvalue weighted by Crippen LogP contribution is -2.03. The highest BCUT2D eigenvalue weighted by atomic mass is 35.5. The molecule has 1 heterocycles. The van der Waals surface area contributed by atoms with Crippen molar-refractivity contribution in [2.45, 2.75) is 61.4 Å². The van der Waals surface area contributed by atoms with Crippen molar-refractivity contribution < 1.29 is 0 Å². The normalized spacial score (nSPS) is 19.4. The Hall–Kier alpha value is -1.00. The van der Waals surface area contributed by atoms with E-state index in [1.807, 2.05) is 23.9 Å². The Morgan fingerprint density at radius 3 is 2.50 bits per heavy atom. The largest absolute Gasteiger partial charge is 0.303 e. The number of hydrogen-bond acceptors (Lipinski definition) is 3. The van der Waals surface area contributed by atoms with E-state index in [2.05, 4.69) is 33.8 Å². The van der Waals surface area contributed by atoms with Crippen molar-refractivity contribution in [1.82, 2.24) is 14.8 Å². The second-order valence-corrected chi connectivity index (χ2v) is 7.89. The van der Waals surface area contributed by atoms with Crippen molar-refractivity contribution in [2.75, 3.05) is 0 Å². The molecule has 2 fully saturated rings. The third-order valence-electron chi connectivity index (χ3n) is 4.41. The van der Waals surface area contributed by atoms with E-state index in [1.54, 1.807) is 0 Å². The Morgan fingerprint density at radius 2 is 1.91 bits per heavy atom. The molecule has 0 aliphatic heterocycles. The van der Waals surface area contributed by atoms with Crippen LogP contribution in [0.3, 0.4) is 0 Å². The van der Waals surface area contributed by atoms with E-state index >= 15 is 0 Å². The molecule has 1 unspecified atom stereocenters. The Balaban J connectivity index is 1.60. The predicted molar refractivity (Wildman–Crippen MR) is 90.6 cm³/mol. The van der Waals surface area contributed by atoms with E-state index in [-0.39, 0.29) is 0 Å². The van der Waals surface area contributed by atoms with Crippen LogP contribution < -0.4 is 0 Å². The van der Waals surface area contributed by atoms with Crippen LogP contribution >= 0.6 is 23.4 Å². The molecule has 1 aromatic carbocycles.